The molecule has 0 spiro atoms. The number of para-hydroxylation sites is 1. The van der Waals surface area contributed by atoms with Crippen LogP contribution >= 0.6 is 46.7 Å². The van der Waals surface area contributed by atoms with Gasteiger partial charge in [0.1, 0.15) is 10.1 Å². The molecule has 25 heavy (non-hydrogen) atoms. The van der Waals surface area contributed by atoms with E-state index in [1.807, 2.05) is 48.7 Å². The van der Waals surface area contributed by atoms with Gasteiger partial charge in [0, 0.05) is 16.5 Å². The van der Waals surface area contributed by atoms with Crippen LogP contribution in [0.3, 0.4) is 0 Å². The lowest BCUT2D eigenvalue weighted by atomic mass is 10.2. The highest BCUT2D eigenvalue weighted by Gasteiger charge is 2.04. The van der Waals surface area contributed by atoms with Crippen molar-refractivity contribution >= 4 is 51.1 Å². The third kappa shape index (κ3) is 7.62. The first-order chi connectivity index (χ1) is 12.2. The van der Waals surface area contributed by atoms with Gasteiger partial charge in [-0.05, 0) is 36.2 Å². The van der Waals surface area contributed by atoms with E-state index in [0.717, 1.165) is 27.9 Å². The molecule has 2 aromatic rings. The first-order valence-electron chi connectivity index (χ1n) is 7.53. The normalized spacial score (nSPS) is 11.2. The number of thioether (sulfide) groups is 2. The van der Waals surface area contributed by atoms with Gasteiger partial charge in [0.15, 0.2) is 0 Å². The number of rotatable bonds is 7. The average molecular weight is 411 g/mol. The molecule has 0 amide bonds. The van der Waals surface area contributed by atoms with E-state index in [9.17, 15) is 0 Å². The summed E-state index contributed by atoms with van der Waals surface area (Å²) >= 11 is 15.0. The van der Waals surface area contributed by atoms with Crippen LogP contribution in [0.5, 0.6) is 5.75 Å². The second-order valence-electron chi connectivity index (χ2n) is 4.87. The summed E-state index contributed by atoms with van der Waals surface area (Å²) in [6.07, 6.45) is 2.70. The number of nitriles is 1. The first kappa shape index (κ1) is 20.0. The van der Waals surface area contributed by atoms with E-state index in [1.54, 1.807) is 29.6 Å². The van der Waals surface area contributed by atoms with Crippen molar-refractivity contribution in [2.24, 2.45) is 4.99 Å². The third-order valence-corrected chi connectivity index (χ3v) is 5.94. The van der Waals surface area contributed by atoms with Crippen LogP contribution < -0.4 is 4.74 Å². The minimum atomic E-state index is 0.568. The smallest absolute Gasteiger partial charge is 0.207 e. The van der Waals surface area contributed by atoms with Crippen LogP contribution in [0.4, 0.5) is 0 Å². The first-order valence-corrected chi connectivity index (χ1v) is 10.3. The monoisotopic (exact) mass is 410 g/mol. The Labute approximate surface area is 166 Å². The Morgan fingerprint density at radius 1 is 1.08 bits per heavy atom. The predicted molar refractivity (Wildman–Crippen MR) is 110 cm³/mol. The fourth-order valence-corrected chi connectivity index (χ4v) is 4.04. The summed E-state index contributed by atoms with van der Waals surface area (Å²) in [4.78, 5) is 3.89. The Hall–Kier alpha value is -1.32. The van der Waals surface area contributed by atoms with E-state index in [0.29, 0.717) is 22.4 Å². The van der Waals surface area contributed by atoms with Crippen molar-refractivity contribution in [3.63, 3.8) is 0 Å². The molecule has 0 aliphatic heterocycles. The van der Waals surface area contributed by atoms with Gasteiger partial charge < -0.3 is 4.74 Å². The minimum absolute atomic E-state index is 0.568. The van der Waals surface area contributed by atoms with Crippen LogP contribution in [-0.2, 0) is 5.75 Å². The van der Waals surface area contributed by atoms with Gasteiger partial charge in [0.05, 0.1) is 11.6 Å². The number of benzene rings is 2. The molecule has 0 aliphatic rings. The molecule has 3 nitrogen and oxygen atoms in total. The summed E-state index contributed by atoms with van der Waals surface area (Å²) in [7, 11) is 0. The number of aliphatic imine (C=N–C) groups is 1. The Morgan fingerprint density at radius 3 is 2.56 bits per heavy atom. The van der Waals surface area contributed by atoms with Crippen LogP contribution in [0.2, 0.25) is 10.0 Å². The zero-order chi connectivity index (χ0) is 17.9. The number of halogens is 2. The maximum absolute atomic E-state index is 8.83. The van der Waals surface area contributed by atoms with Crippen LogP contribution in [0.15, 0.2) is 53.5 Å². The summed E-state index contributed by atoms with van der Waals surface area (Å²) in [5.41, 5.74) is 1.14. The van der Waals surface area contributed by atoms with Crippen molar-refractivity contribution in [3.05, 3.63) is 64.1 Å². The Kier molecular flexibility index (Phi) is 9.06. The molecule has 7 heteroatoms. The molecule has 0 saturated carbocycles. The maximum atomic E-state index is 8.83. The standard InChI is InChI=1S/C18H16Cl2N2OS2/c19-15-8-6-14(7-9-15)12-25-18(22-13-21)24-11-3-10-23-17-5-2-1-4-16(17)20/h1-2,4-9H,3,10-12H2. The van der Waals surface area contributed by atoms with Gasteiger partial charge in [-0.15, -0.1) is 0 Å². The van der Waals surface area contributed by atoms with Gasteiger partial charge >= 0.3 is 0 Å². The number of hydrogen-bond acceptors (Lipinski definition) is 5. The second kappa shape index (κ2) is 11.3. The summed E-state index contributed by atoms with van der Waals surface area (Å²) < 4.78 is 6.41. The minimum Gasteiger partial charge on any atom is -0.492 e. The van der Waals surface area contributed by atoms with Crippen molar-refractivity contribution in [2.75, 3.05) is 12.4 Å². The van der Waals surface area contributed by atoms with Gasteiger partial charge in [-0.3, -0.25) is 0 Å². The van der Waals surface area contributed by atoms with Crippen LogP contribution in [0.1, 0.15) is 12.0 Å². The second-order valence-corrected chi connectivity index (χ2v) is 8.02. The lowest BCUT2D eigenvalue weighted by Gasteiger charge is -2.08. The summed E-state index contributed by atoms with van der Waals surface area (Å²) in [6.45, 7) is 0.568. The molecule has 0 saturated heterocycles. The zero-order valence-electron chi connectivity index (χ0n) is 13.3. The molecule has 0 radical (unpaired) electrons. The van der Waals surface area contributed by atoms with Gasteiger partial charge in [-0.1, -0.05) is 71.0 Å². The zero-order valence-corrected chi connectivity index (χ0v) is 16.5. The predicted octanol–water partition coefficient (Wildman–Crippen LogP) is 6.27. The summed E-state index contributed by atoms with van der Waals surface area (Å²) in [5, 5.41) is 10.2. The Morgan fingerprint density at radius 2 is 1.84 bits per heavy atom. The molecule has 0 fully saturated rings. The van der Waals surface area contributed by atoms with Gasteiger partial charge in [0.25, 0.3) is 0 Å². The van der Waals surface area contributed by atoms with Gasteiger partial charge in [-0.2, -0.15) is 10.3 Å². The third-order valence-electron chi connectivity index (χ3n) is 3.03. The van der Waals surface area contributed by atoms with Crippen molar-refractivity contribution in [1.29, 1.82) is 5.26 Å². The molecule has 0 unspecified atom stereocenters. The van der Waals surface area contributed by atoms with E-state index in [4.69, 9.17) is 33.2 Å². The van der Waals surface area contributed by atoms with Crippen molar-refractivity contribution in [1.82, 2.24) is 0 Å². The molecule has 130 valence electrons. The fraction of sp³-hybridized carbons (Fsp3) is 0.222. The topological polar surface area (TPSA) is 45.4 Å². The Balaban J connectivity index is 1.71. The molecule has 2 aromatic carbocycles. The van der Waals surface area contributed by atoms with Crippen molar-refractivity contribution in [2.45, 2.75) is 12.2 Å². The lowest BCUT2D eigenvalue weighted by molar-refractivity contribution is 0.319. The fourth-order valence-electron chi connectivity index (χ4n) is 1.84. The molecule has 0 N–H and O–H groups in total. The van der Waals surface area contributed by atoms with Crippen molar-refractivity contribution in [3.8, 4) is 11.9 Å². The quantitative estimate of drug-likeness (QED) is 0.233. The lowest BCUT2D eigenvalue weighted by Crippen LogP contribution is -2.00. The largest absolute Gasteiger partial charge is 0.492 e. The van der Waals surface area contributed by atoms with E-state index in [1.165, 1.54) is 0 Å². The summed E-state index contributed by atoms with van der Waals surface area (Å²) in [5.74, 6) is 2.26. The van der Waals surface area contributed by atoms with Crippen LogP contribution in [-0.4, -0.2) is 16.7 Å². The molecule has 0 heterocycles. The van der Waals surface area contributed by atoms with E-state index in [-0.39, 0.29) is 0 Å². The van der Waals surface area contributed by atoms with Crippen LogP contribution in [0.25, 0.3) is 0 Å². The average Bonchev–Trinajstić information content (AvgIpc) is 2.62. The van der Waals surface area contributed by atoms with Crippen LogP contribution in [0, 0.1) is 11.5 Å². The molecule has 2 rings (SSSR count). The number of hydrogen-bond donors (Lipinski definition) is 0. The van der Waals surface area contributed by atoms with E-state index >= 15 is 0 Å². The number of nitrogens with zero attached hydrogens (tertiary/aromatic N) is 2. The van der Waals surface area contributed by atoms with Crippen molar-refractivity contribution < 1.29 is 4.74 Å². The molecule has 0 aliphatic carbocycles. The molecule has 0 bridgehead atoms. The molecular formula is C18H16Cl2N2OS2. The highest BCUT2D eigenvalue weighted by molar-refractivity contribution is 8.38. The van der Waals surface area contributed by atoms with Gasteiger partial charge in [-0.25, -0.2) is 0 Å². The SMILES string of the molecule is N#CN=C(SCCCOc1ccccc1Cl)SCc1ccc(Cl)cc1. The van der Waals surface area contributed by atoms with E-state index in [2.05, 4.69) is 4.99 Å². The number of ether oxygens (including phenoxy) is 1. The summed E-state index contributed by atoms with van der Waals surface area (Å²) in [6, 6.07) is 15.1. The molecule has 0 aromatic heterocycles. The Bertz CT molecular complexity index is 745. The highest BCUT2D eigenvalue weighted by atomic mass is 35.5. The highest BCUT2D eigenvalue weighted by Crippen LogP contribution is 2.25. The molecule has 0 atom stereocenters. The molecular weight excluding hydrogens is 395 g/mol. The maximum Gasteiger partial charge on any atom is 0.207 e. The van der Waals surface area contributed by atoms with Gasteiger partial charge in [0.2, 0.25) is 6.19 Å². The van der Waals surface area contributed by atoms with E-state index < -0.39 is 0 Å².